The Kier molecular flexibility index (Phi) is 2.55. The quantitative estimate of drug-likeness (QED) is 0.492. The zero-order valence-electron chi connectivity index (χ0n) is 11.3. The monoisotopic (exact) mass is 262 g/mol. The number of nitrogens with zero attached hydrogens (tertiary/aromatic N) is 2. The summed E-state index contributed by atoms with van der Waals surface area (Å²) in [6, 6.07) is 0.589. The summed E-state index contributed by atoms with van der Waals surface area (Å²) >= 11 is 0. The molecule has 4 heteroatoms. The van der Waals surface area contributed by atoms with Gasteiger partial charge in [0.2, 0.25) is 5.91 Å². The molecule has 3 fully saturated rings. The zero-order valence-corrected chi connectivity index (χ0v) is 11.3. The number of hydrogen-bond donors (Lipinski definition) is 0. The molecule has 19 heavy (non-hydrogen) atoms. The predicted octanol–water partition coefficient (Wildman–Crippen LogP) is 1.66. The van der Waals surface area contributed by atoms with Gasteiger partial charge in [-0.05, 0) is 38.2 Å². The van der Waals surface area contributed by atoms with Crippen LogP contribution in [-0.2, 0) is 4.79 Å². The number of quaternary nitrogens is 1. The summed E-state index contributed by atoms with van der Waals surface area (Å²) in [6.45, 7) is 2.46. The Morgan fingerprint density at radius 2 is 2.05 bits per heavy atom. The van der Waals surface area contributed by atoms with E-state index in [0.717, 1.165) is 51.7 Å². The second-order valence-corrected chi connectivity index (χ2v) is 6.79. The predicted molar refractivity (Wildman–Crippen MR) is 71.9 cm³/mol. The van der Waals surface area contributed by atoms with Crippen molar-refractivity contribution in [1.82, 2.24) is 4.90 Å². The van der Waals surface area contributed by atoms with Gasteiger partial charge in [-0.15, -0.1) is 0 Å². The lowest BCUT2D eigenvalue weighted by Gasteiger charge is -2.64. The molecule has 0 aromatic rings. The highest BCUT2D eigenvalue weighted by Crippen LogP contribution is 2.47. The van der Waals surface area contributed by atoms with Gasteiger partial charge in [0.25, 0.3) is 0 Å². The molecule has 0 aliphatic carbocycles. The molecule has 1 amide bonds. The summed E-state index contributed by atoms with van der Waals surface area (Å²) in [5, 5.41) is 13.1. The molecule has 104 valence electrons. The normalized spacial score (nSPS) is 48.7. The van der Waals surface area contributed by atoms with Crippen LogP contribution in [0.2, 0.25) is 0 Å². The van der Waals surface area contributed by atoms with Crippen LogP contribution in [0.5, 0.6) is 0 Å². The molecule has 4 aliphatic heterocycles. The largest absolute Gasteiger partial charge is 0.633 e. The number of carbonyl (C=O) groups is 1. The molecule has 0 spiro atoms. The second kappa shape index (κ2) is 4.06. The number of fused-ring (bicyclic) bond motifs is 2. The molecule has 4 rings (SSSR count). The number of amides is 1. The van der Waals surface area contributed by atoms with E-state index >= 15 is 0 Å². The van der Waals surface area contributed by atoms with E-state index in [2.05, 4.69) is 4.90 Å². The molecule has 0 saturated carbocycles. The summed E-state index contributed by atoms with van der Waals surface area (Å²) in [5.41, 5.74) is 0. The minimum absolute atomic E-state index is 0.0532. The fourth-order valence-corrected chi connectivity index (χ4v) is 5.25. The van der Waals surface area contributed by atoms with Crippen LogP contribution >= 0.6 is 0 Å². The third-order valence-corrected chi connectivity index (χ3v) is 5.90. The second-order valence-electron chi connectivity index (χ2n) is 6.79. The van der Waals surface area contributed by atoms with E-state index in [1.165, 1.54) is 0 Å². The minimum Gasteiger partial charge on any atom is -0.633 e. The van der Waals surface area contributed by atoms with Gasteiger partial charge in [-0.25, -0.2) is 0 Å². The topological polar surface area (TPSA) is 43.4 Å². The van der Waals surface area contributed by atoms with Crippen molar-refractivity contribution in [2.24, 2.45) is 11.8 Å². The fourth-order valence-electron chi connectivity index (χ4n) is 5.25. The van der Waals surface area contributed by atoms with Crippen LogP contribution in [0.1, 0.15) is 32.1 Å². The Bertz CT molecular complexity index is 432. The Morgan fingerprint density at radius 1 is 1.26 bits per heavy atom. The maximum absolute atomic E-state index is 13.1. The smallest absolute Gasteiger partial charge is 0.246 e. The van der Waals surface area contributed by atoms with Gasteiger partial charge in [-0.1, -0.05) is 6.08 Å². The van der Waals surface area contributed by atoms with Crippen molar-refractivity contribution in [2.45, 2.75) is 44.2 Å². The number of carbonyl (C=O) groups excluding carboxylic acids is 1. The van der Waals surface area contributed by atoms with Gasteiger partial charge in [0.05, 0.1) is 19.1 Å². The fraction of sp³-hybridized carbons (Fsp3) is 0.800. The molecule has 0 bridgehead atoms. The third-order valence-electron chi connectivity index (χ3n) is 5.90. The molecule has 4 aliphatic rings. The average molecular weight is 262 g/mol. The van der Waals surface area contributed by atoms with E-state index in [-0.39, 0.29) is 16.6 Å². The van der Waals surface area contributed by atoms with Crippen molar-refractivity contribution in [3.8, 4) is 0 Å². The van der Waals surface area contributed by atoms with Crippen LogP contribution in [0.4, 0.5) is 0 Å². The standard InChI is InChI=1S/C15H22N2O2/c18-14-7-1-6-13-12-5-3-9-17(19)8-2-4-11(15(12)17)10-16(13)14/h1,7,11-13,15H,2-6,8-10H2/t11?,12?,13-,15?,17?/m1/s1. The highest BCUT2D eigenvalue weighted by Gasteiger charge is 2.54. The van der Waals surface area contributed by atoms with Crippen molar-refractivity contribution in [2.75, 3.05) is 19.6 Å². The lowest BCUT2D eigenvalue weighted by molar-refractivity contribution is -0.925. The molecule has 0 radical (unpaired) electrons. The highest BCUT2D eigenvalue weighted by molar-refractivity contribution is 5.88. The summed E-state index contributed by atoms with van der Waals surface area (Å²) in [6.07, 6.45) is 9.07. The first-order valence-electron chi connectivity index (χ1n) is 7.74. The third kappa shape index (κ3) is 1.62. The van der Waals surface area contributed by atoms with E-state index in [9.17, 15) is 10.0 Å². The zero-order chi connectivity index (χ0) is 13.0. The number of rotatable bonds is 0. The minimum atomic E-state index is 0.0532. The van der Waals surface area contributed by atoms with Crippen LogP contribution in [0.3, 0.4) is 0 Å². The first-order chi connectivity index (χ1) is 9.19. The number of hydroxylamine groups is 3. The van der Waals surface area contributed by atoms with Crippen molar-refractivity contribution in [3.05, 3.63) is 17.4 Å². The van der Waals surface area contributed by atoms with Crippen LogP contribution in [0, 0.1) is 17.0 Å². The van der Waals surface area contributed by atoms with E-state index in [1.807, 2.05) is 6.08 Å². The molecule has 4 unspecified atom stereocenters. The lowest BCUT2D eigenvalue weighted by atomic mass is 9.68. The Hall–Kier alpha value is -0.870. The molecule has 3 saturated heterocycles. The van der Waals surface area contributed by atoms with Crippen LogP contribution in [-0.4, -0.2) is 47.2 Å². The summed E-state index contributed by atoms with van der Waals surface area (Å²) in [7, 11) is 0. The van der Waals surface area contributed by atoms with Crippen molar-refractivity contribution < 1.29 is 9.44 Å². The van der Waals surface area contributed by atoms with Crippen LogP contribution in [0.15, 0.2) is 12.2 Å². The van der Waals surface area contributed by atoms with Gasteiger partial charge >= 0.3 is 0 Å². The first kappa shape index (κ1) is 11.9. The molecular formula is C15H22N2O2. The summed E-state index contributed by atoms with van der Waals surface area (Å²) < 4.78 is 0.0532. The van der Waals surface area contributed by atoms with Gasteiger partial charge in [-0.3, -0.25) is 4.79 Å². The van der Waals surface area contributed by atoms with E-state index in [4.69, 9.17) is 0 Å². The van der Waals surface area contributed by atoms with Crippen LogP contribution < -0.4 is 0 Å². The Labute approximate surface area is 114 Å². The first-order valence-corrected chi connectivity index (χ1v) is 7.74. The van der Waals surface area contributed by atoms with Crippen molar-refractivity contribution in [1.29, 1.82) is 0 Å². The maximum Gasteiger partial charge on any atom is 0.246 e. The molecular weight excluding hydrogens is 240 g/mol. The number of piperidine rings is 3. The summed E-state index contributed by atoms with van der Waals surface area (Å²) in [5.74, 6) is 1.07. The Morgan fingerprint density at radius 3 is 2.89 bits per heavy atom. The molecule has 4 nitrogen and oxygen atoms in total. The lowest BCUT2D eigenvalue weighted by Crippen LogP contribution is -2.71. The van der Waals surface area contributed by atoms with Crippen LogP contribution in [0.25, 0.3) is 0 Å². The van der Waals surface area contributed by atoms with Gasteiger partial charge < -0.3 is 14.8 Å². The summed E-state index contributed by atoms with van der Waals surface area (Å²) in [4.78, 5) is 14.2. The SMILES string of the molecule is O=C1C=CC[C@@H]2C3CCC[N+]4([O-])CCCC(CN12)C34. The average Bonchev–Trinajstić information content (AvgIpc) is 2.40. The molecule has 0 aromatic carbocycles. The molecule has 4 heterocycles. The highest BCUT2D eigenvalue weighted by atomic mass is 16.5. The molecule has 5 atom stereocenters. The van der Waals surface area contributed by atoms with E-state index in [0.29, 0.717) is 17.9 Å². The molecule has 0 aromatic heterocycles. The van der Waals surface area contributed by atoms with Gasteiger partial charge in [0, 0.05) is 24.4 Å². The van der Waals surface area contributed by atoms with Gasteiger partial charge in [0.15, 0.2) is 0 Å². The Balaban J connectivity index is 1.72. The molecule has 0 N–H and O–H groups in total. The van der Waals surface area contributed by atoms with Gasteiger partial charge in [0.1, 0.15) is 0 Å². The van der Waals surface area contributed by atoms with Gasteiger partial charge in [-0.2, -0.15) is 0 Å². The number of hydrogen-bond acceptors (Lipinski definition) is 2. The van der Waals surface area contributed by atoms with Crippen molar-refractivity contribution >= 4 is 5.91 Å². The van der Waals surface area contributed by atoms with E-state index in [1.54, 1.807) is 6.08 Å². The van der Waals surface area contributed by atoms with E-state index < -0.39 is 0 Å². The van der Waals surface area contributed by atoms with Crippen molar-refractivity contribution in [3.63, 3.8) is 0 Å². The maximum atomic E-state index is 13.1.